The molecule has 0 atom stereocenters. The summed E-state index contributed by atoms with van der Waals surface area (Å²) < 4.78 is 0. The lowest BCUT2D eigenvalue weighted by molar-refractivity contribution is 0.182. The largest absolute Gasteiger partial charge is 0.326 e. The summed E-state index contributed by atoms with van der Waals surface area (Å²) in [6, 6.07) is 14.1. The quantitative estimate of drug-likeness (QED) is 0.864. The van der Waals surface area contributed by atoms with Crippen LogP contribution in [0.5, 0.6) is 0 Å². The molecule has 0 saturated carbocycles. The number of carbonyl (C=O) groups excluding carboxylic acids is 1. The normalized spacial score (nSPS) is 17.1. The number of urea groups is 1. The first-order chi connectivity index (χ1) is 10.5. The molecule has 4 heteroatoms. The maximum absolute atomic E-state index is 12.5. The van der Waals surface area contributed by atoms with Gasteiger partial charge in [0.2, 0.25) is 0 Å². The molecule has 1 aliphatic heterocycles. The van der Waals surface area contributed by atoms with Crippen molar-refractivity contribution in [2.45, 2.75) is 26.3 Å². The van der Waals surface area contributed by atoms with E-state index in [1.54, 1.807) is 4.90 Å². The number of likely N-dealkylation sites (N-methyl/N-ethyl adjacent to an activating group) is 1. The number of carbonyl (C=O) groups is 1. The number of anilines is 1. The van der Waals surface area contributed by atoms with Crippen molar-refractivity contribution in [1.82, 2.24) is 9.88 Å². The van der Waals surface area contributed by atoms with Crippen LogP contribution in [0, 0.1) is 0 Å². The van der Waals surface area contributed by atoms with E-state index in [2.05, 4.69) is 31.0 Å². The lowest BCUT2D eigenvalue weighted by Gasteiger charge is -2.27. The summed E-state index contributed by atoms with van der Waals surface area (Å²) in [5.41, 5.74) is 2.03. The Morgan fingerprint density at radius 1 is 1.09 bits per heavy atom. The molecule has 0 bridgehead atoms. The molecule has 0 spiro atoms. The smallest absolute Gasteiger partial charge is 0.318 e. The Hall–Kier alpha value is -2.36. The number of aromatic nitrogens is 1. The van der Waals surface area contributed by atoms with Gasteiger partial charge in [-0.2, -0.15) is 0 Å². The van der Waals surface area contributed by atoms with Crippen LogP contribution in [0.4, 0.5) is 10.6 Å². The van der Waals surface area contributed by atoms with Gasteiger partial charge in [0.25, 0.3) is 0 Å². The van der Waals surface area contributed by atoms with Crippen molar-refractivity contribution in [2.24, 2.45) is 0 Å². The number of pyridine rings is 1. The fraction of sp³-hybridized carbons (Fsp3) is 0.333. The Labute approximate surface area is 131 Å². The Morgan fingerprint density at radius 2 is 1.82 bits per heavy atom. The summed E-state index contributed by atoms with van der Waals surface area (Å²) in [6.45, 7) is 7.57. The number of nitrogens with zero attached hydrogens (tertiary/aromatic N) is 3. The number of rotatable bonds is 3. The van der Waals surface area contributed by atoms with Crippen LogP contribution in [0.15, 0.2) is 48.7 Å². The molecule has 2 heterocycles. The van der Waals surface area contributed by atoms with Crippen molar-refractivity contribution in [3.63, 3.8) is 0 Å². The second-order valence-corrected chi connectivity index (χ2v) is 6.20. The topological polar surface area (TPSA) is 36.4 Å². The number of benzene rings is 1. The minimum absolute atomic E-state index is 0.0347. The van der Waals surface area contributed by atoms with E-state index in [0.29, 0.717) is 18.9 Å². The van der Waals surface area contributed by atoms with E-state index in [0.717, 1.165) is 11.1 Å². The summed E-state index contributed by atoms with van der Waals surface area (Å²) >= 11 is 0. The molecule has 0 unspecified atom stereocenters. The van der Waals surface area contributed by atoms with Gasteiger partial charge < -0.3 is 4.90 Å². The Bertz CT molecular complexity index is 664. The maximum atomic E-state index is 12.5. The van der Waals surface area contributed by atoms with E-state index in [-0.39, 0.29) is 11.6 Å². The van der Waals surface area contributed by atoms with E-state index in [9.17, 15) is 4.79 Å². The van der Waals surface area contributed by atoms with Crippen LogP contribution in [0.1, 0.15) is 20.8 Å². The predicted octanol–water partition coefficient (Wildman–Crippen LogP) is 3.79. The Balaban J connectivity index is 1.87. The average Bonchev–Trinajstić information content (AvgIpc) is 2.77. The monoisotopic (exact) mass is 295 g/mol. The molecule has 0 N–H and O–H groups in total. The first-order valence-electron chi connectivity index (χ1n) is 7.63. The second-order valence-electron chi connectivity index (χ2n) is 6.20. The highest BCUT2D eigenvalue weighted by atomic mass is 16.2. The van der Waals surface area contributed by atoms with Gasteiger partial charge in [0.15, 0.2) is 0 Å². The van der Waals surface area contributed by atoms with E-state index in [4.69, 9.17) is 0 Å². The Kier molecular flexibility index (Phi) is 3.61. The van der Waals surface area contributed by atoms with E-state index >= 15 is 0 Å². The molecule has 1 aliphatic rings. The van der Waals surface area contributed by atoms with Crippen LogP contribution in [0.3, 0.4) is 0 Å². The third-order valence-electron chi connectivity index (χ3n) is 4.19. The SMILES string of the molecule is CCN1C(=O)N(c2ccc(-c3ccccc3)cn2)CC1(C)C. The summed E-state index contributed by atoms with van der Waals surface area (Å²) in [6.07, 6.45) is 1.83. The van der Waals surface area contributed by atoms with Crippen molar-refractivity contribution in [2.75, 3.05) is 18.0 Å². The molecule has 3 rings (SSSR count). The van der Waals surface area contributed by atoms with Crippen LogP contribution in [0.25, 0.3) is 11.1 Å². The molecule has 1 aromatic carbocycles. The van der Waals surface area contributed by atoms with Gasteiger partial charge in [-0.1, -0.05) is 30.3 Å². The van der Waals surface area contributed by atoms with Gasteiger partial charge in [0.05, 0.1) is 12.1 Å². The molecule has 1 aromatic heterocycles. The average molecular weight is 295 g/mol. The molecule has 0 radical (unpaired) electrons. The molecule has 0 aliphatic carbocycles. The fourth-order valence-corrected chi connectivity index (χ4v) is 3.03. The van der Waals surface area contributed by atoms with Crippen molar-refractivity contribution in [1.29, 1.82) is 0 Å². The standard InChI is InChI=1S/C18H21N3O/c1-4-21-17(22)20(13-18(21,2)3)16-11-10-15(12-19-16)14-8-6-5-7-9-14/h5-12H,4,13H2,1-3H3. The number of amides is 2. The van der Waals surface area contributed by atoms with Crippen LogP contribution in [-0.4, -0.2) is 34.5 Å². The zero-order valence-corrected chi connectivity index (χ0v) is 13.3. The van der Waals surface area contributed by atoms with E-state index in [1.807, 2.05) is 48.4 Å². The van der Waals surface area contributed by atoms with Crippen LogP contribution in [-0.2, 0) is 0 Å². The fourth-order valence-electron chi connectivity index (χ4n) is 3.03. The highest BCUT2D eigenvalue weighted by molar-refractivity contribution is 5.94. The van der Waals surface area contributed by atoms with Crippen molar-refractivity contribution in [3.8, 4) is 11.1 Å². The van der Waals surface area contributed by atoms with Gasteiger partial charge in [-0.25, -0.2) is 9.78 Å². The summed E-state index contributed by atoms with van der Waals surface area (Å²) in [5, 5.41) is 0. The molecule has 114 valence electrons. The number of hydrogen-bond acceptors (Lipinski definition) is 2. The molecule has 1 fully saturated rings. The van der Waals surface area contributed by atoms with Crippen LogP contribution < -0.4 is 4.90 Å². The third-order valence-corrected chi connectivity index (χ3v) is 4.19. The van der Waals surface area contributed by atoms with Gasteiger partial charge in [0.1, 0.15) is 5.82 Å². The predicted molar refractivity (Wildman–Crippen MR) is 88.9 cm³/mol. The minimum atomic E-state index is -0.161. The highest BCUT2D eigenvalue weighted by Crippen LogP contribution is 2.30. The maximum Gasteiger partial charge on any atom is 0.326 e. The van der Waals surface area contributed by atoms with Gasteiger partial charge in [-0.05, 0) is 38.5 Å². The summed E-state index contributed by atoms with van der Waals surface area (Å²) in [7, 11) is 0. The van der Waals surface area contributed by atoms with Crippen molar-refractivity contribution < 1.29 is 4.79 Å². The van der Waals surface area contributed by atoms with Gasteiger partial charge >= 0.3 is 6.03 Å². The van der Waals surface area contributed by atoms with E-state index < -0.39 is 0 Å². The summed E-state index contributed by atoms with van der Waals surface area (Å²) in [5.74, 6) is 0.716. The van der Waals surface area contributed by atoms with Crippen LogP contribution in [0.2, 0.25) is 0 Å². The first-order valence-corrected chi connectivity index (χ1v) is 7.63. The highest BCUT2D eigenvalue weighted by Gasteiger charge is 2.43. The second kappa shape index (κ2) is 5.44. The Morgan fingerprint density at radius 3 is 2.36 bits per heavy atom. The lowest BCUT2D eigenvalue weighted by Crippen LogP contribution is -2.41. The summed E-state index contributed by atoms with van der Waals surface area (Å²) in [4.78, 5) is 20.7. The molecule has 1 saturated heterocycles. The van der Waals surface area contributed by atoms with Gasteiger partial charge in [-0.3, -0.25) is 4.90 Å². The molecule has 2 amide bonds. The van der Waals surface area contributed by atoms with Crippen molar-refractivity contribution in [3.05, 3.63) is 48.7 Å². The van der Waals surface area contributed by atoms with Gasteiger partial charge in [-0.15, -0.1) is 0 Å². The first kappa shape index (κ1) is 14.6. The molecule has 22 heavy (non-hydrogen) atoms. The van der Waals surface area contributed by atoms with Gasteiger partial charge in [0, 0.05) is 18.3 Å². The van der Waals surface area contributed by atoms with Crippen molar-refractivity contribution >= 4 is 11.8 Å². The lowest BCUT2D eigenvalue weighted by atomic mass is 10.1. The zero-order chi connectivity index (χ0) is 15.7. The molecule has 4 nitrogen and oxygen atoms in total. The zero-order valence-electron chi connectivity index (χ0n) is 13.3. The molecule has 2 aromatic rings. The minimum Gasteiger partial charge on any atom is -0.318 e. The molecular weight excluding hydrogens is 274 g/mol. The molecular formula is C18H21N3O. The third kappa shape index (κ3) is 2.45. The van der Waals surface area contributed by atoms with E-state index in [1.165, 1.54) is 0 Å². The number of hydrogen-bond donors (Lipinski definition) is 0. The van der Waals surface area contributed by atoms with Crippen LogP contribution >= 0.6 is 0 Å².